The number of piperidine rings is 1. The van der Waals surface area contributed by atoms with Crippen molar-refractivity contribution in [2.75, 3.05) is 20.1 Å². The lowest BCUT2D eigenvalue weighted by Crippen LogP contribution is -2.48. The lowest BCUT2D eigenvalue weighted by molar-refractivity contribution is -0.136. The highest BCUT2D eigenvalue weighted by Crippen LogP contribution is 2.28. The summed E-state index contributed by atoms with van der Waals surface area (Å²) in [6.07, 6.45) is 3.82. The number of hydrogen-bond donors (Lipinski definition) is 0. The van der Waals surface area contributed by atoms with E-state index in [1.54, 1.807) is 24.1 Å². The SMILES string of the molecule is CC(C(=O)N(C)Cc1c(F)cccc1Cl)N1CCC(c2nnc3ccccn23)CC1. The van der Waals surface area contributed by atoms with Crippen LogP contribution in [-0.2, 0) is 11.3 Å². The van der Waals surface area contributed by atoms with Crippen LogP contribution in [0.2, 0.25) is 5.02 Å². The van der Waals surface area contributed by atoms with Gasteiger partial charge in [-0.1, -0.05) is 23.7 Å². The number of rotatable bonds is 5. The fourth-order valence-electron chi connectivity index (χ4n) is 4.16. The molecule has 0 saturated carbocycles. The number of likely N-dealkylation sites (N-methyl/N-ethyl adjacent to an activating group) is 1. The van der Waals surface area contributed by atoms with Crippen molar-refractivity contribution in [1.82, 2.24) is 24.4 Å². The lowest BCUT2D eigenvalue weighted by atomic mass is 9.95. The van der Waals surface area contributed by atoms with Crippen LogP contribution < -0.4 is 0 Å². The minimum atomic E-state index is -0.392. The number of carbonyl (C=O) groups excluding carboxylic acids is 1. The first-order chi connectivity index (χ1) is 14.5. The Hall–Kier alpha value is -2.51. The van der Waals surface area contributed by atoms with Crippen LogP contribution in [0.15, 0.2) is 42.6 Å². The van der Waals surface area contributed by atoms with E-state index in [0.29, 0.717) is 16.5 Å². The Morgan fingerprint density at radius 2 is 2.00 bits per heavy atom. The predicted molar refractivity (Wildman–Crippen MR) is 114 cm³/mol. The number of aromatic nitrogens is 3. The molecule has 30 heavy (non-hydrogen) atoms. The number of halogens is 2. The van der Waals surface area contributed by atoms with Gasteiger partial charge in [0, 0.05) is 36.3 Å². The first-order valence-electron chi connectivity index (χ1n) is 10.2. The monoisotopic (exact) mass is 429 g/mol. The molecule has 158 valence electrons. The van der Waals surface area contributed by atoms with Gasteiger partial charge < -0.3 is 4.90 Å². The fourth-order valence-corrected chi connectivity index (χ4v) is 4.38. The molecule has 0 bridgehead atoms. The summed E-state index contributed by atoms with van der Waals surface area (Å²) in [6.45, 7) is 3.66. The molecule has 0 radical (unpaired) electrons. The quantitative estimate of drug-likeness (QED) is 0.619. The minimum absolute atomic E-state index is 0.0410. The number of nitrogens with zero attached hydrogens (tertiary/aromatic N) is 5. The van der Waals surface area contributed by atoms with Gasteiger partial charge in [-0.25, -0.2) is 4.39 Å². The van der Waals surface area contributed by atoms with E-state index >= 15 is 0 Å². The largest absolute Gasteiger partial charge is 0.340 e. The maximum atomic E-state index is 14.1. The molecule has 1 atom stereocenters. The zero-order valence-corrected chi connectivity index (χ0v) is 17.9. The van der Waals surface area contributed by atoms with E-state index in [0.717, 1.165) is 37.4 Å². The Morgan fingerprint density at radius 3 is 2.73 bits per heavy atom. The number of carbonyl (C=O) groups is 1. The number of likely N-dealkylation sites (tertiary alicyclic amines) is 1. The molecule has 1 amide bonds. The third-order valence-corrected chi connectivity index (χ3v) is 6.33. The smallest absolute Gasteiger partial charge is 0.239 e. The van der Waals surface area contributed by atoms with Crippen LogP contribution in [0, 0.1) is 5.82 Å². The van der Waals surface area contributed by atoms with Crippen LogP contribution in [-0.4, -0.2) is 56.5 Å². The van der Waals surface area contributed by atoms with Crippen LogP contribution >= 0.6 is 11.6 Å². The Labute approximate surface area is 180 Å². The summed E-state index contributed by atoms with van der Waals surface area (Å²) in [6, 6.07) is 10.2. The zero-order chi connectivity index (χ0) is 21.3. The molecule has 2 aromatic heterocycles. The number of benzene rings is 1. The van der Waals surface area contributed by atoms with Crippen molar-refractivity contribution in [3.05, 3.63) is 64.8 Å². The molecule has 1 aromatic carbocycles. The number of fused-ring (bicyclic) bond motifs is 1. The van der Waals surface area contributed by atoms with Crippen molar-refractivity contribution in [3.63, 3.8) is 0 Å². The summed E-state index contributed by atoms with van der Waals surface area (Å²) in [5.74, 6) is 0.864. The zero-order valence-electron chi connectivity index (χ0n) is 17.1. The molecular weight excluding hydrogens is 405 g/mol. The van der Waals surface area contributed by atoms with Gasteiger partial charge in [0.15, 0.2) is 5.65 Å². The van der Waals surface area contributed by atoms with Gasteiger partial charge in [-0.05, 0) is 57.1 Å². The maximum absolute atomic E-state index is 14.1. The molecule has 1 aliphatic rings. The van der Waals surface area contributed by atoms with Crippen LogP contribution in [0.4, 0.5) is 4.39 Å². The second-order valence-corrected chi connectivity index (χ2v) is 8.27. The van der Waals surface area contributed by atoms with Crippen molar-refractivity contribution < 1.29 is 9.18 Å². The molecule has 6 nitrogen and oxygen atoms in total. The van der Waals surface area contributed by atoms with Crippen molar-refractivity contribution >= 4 is 23.2 Å². The van der Waals surface area contributed by atoms with Gasteiger partial charge in [0.05, 0.1) is 6.04 Å². The average Bonchev–Trinajstić information content (AvgIpc) is 3.19. The fraction of sp³-hybridized carbons (Fsp3) is 0.409. The summed E-state index contributed by atoms with van der Waals surface area (Å²) in [5, 5.41) is 8.97. The van der Waals surface area contributed by atoms with Gasteiger partial charge in [-0.15, -0.1) is 10.2 Å². The molecule has 8 heteroatoms. The molecule has 0 aliphatic carbocycles. The van der Waals surface area contributed by atoms with Gasteiger partial charge in [-0.2, -0.15) is 0 Å². The average molecular weight is 430 g/mol. The van der Waals surface area contributed by atoms with E-state index in [9.17, 15) is 9.18 Å². The van der Waals surface area contributed by atoms with Crippen LogP contribution in [0.5, 0.6) is 0 Å². The van der Waals surface area contributed by atoms with Crippen molar-refractivity contribution in [3.8, 4) is 0 Å². The standard InChI is InChI=1S/C22H25ClFN5O/c1-15(22(30)27(2)14-17-18(23)6-5-7-19(17)24)28-12-9-16(10-13-28)21-26-25-20-8-3-4-11-29(20)21/h3-8,11,15-16H,9-10,12-14H2,1-2H3. The van der Waals surface area contributed by atoms with Gasteiger partial charge in [-0.3, -0.25) is 14.1 Å². The van der Waals surface area contributed by atoms with Gasteiger partial charge >= 0.3 is 0 Å². The van der Waals surface area contributed by atoms with Gasteiger partial charge in [0.2, 0.25) is 5.91 Å². The van der Waals surface area contributed by atoms with Crippen LogP contribution in [0.1, 0.15) is 37.1 Å². The molecular formula is C22H25ClFN5O. The third-order valence-electron chi connectivity index (χ3n) is 5.97. The maximum Gasteiger partial charge on any atom is 0.239 e. The number of hydrogen-bond acceptors (Lipinski definition) is 4. The highest BCUT2D eigenvalue weighted by Gasteiger charge is 2.30. The summed E-state index contributed by atoms with van der Waals surface area (Å²) in [7, 11) is 1.69. The first kappa shape index (κ1) is 20.8. The van der Waals surface area contributed by atoms with Gasteiger partial charge in [0.1, 0.15) is 11.6 Å². The van der Waals surface area contributed by atoms with E-state index in [4.69, 9.17) is 11.6 Å². The molecule has 1 saturated heterocycles. The van der Waals surface area contributed by atoms with Crippen molar-refractivity contribution in [1.29, 1.82) is 0 Å². The lowest BCUT2D eigenvalue weighted by Gasteiger charge is -2.36. The molecule has 3 aromatic rings. The van der Waals surface area contributed by atoms with E-state index < -0.39 is 5.82 Å². The third kappa shape index (κ3) is 4.04. The second kappa shape index (κ2) is 8.70. The first-order valence-corrected chi connectivity index (χ1v) is 10.5. The molecule has 1 unspecified atom stereocenters. The highest BCUT2D eigenvalue weighted by molar-refractivity contribution is 6.31. The molecule has 0 N–H and O–H groups in total. The highest BCUT2D eigenvalue weighted by atomic mass is 35.5. The summed E-state index contributed by atoms with van der Waals surface area (Å²) >= 11 is 6.11. The Balaban J connectivity index is 1.37. The van der Waals surface area contributed by atoms with Crippen molar-refractivity contribution in [2.45, 2.75) is 38.3 Å². The van der Waals surface area contributed by atoms with E-state index in [1.165, 1.54) is 6.07 Å². The van der Waals surface area contributed by atoms with E-state index in [2.05, 4.69) is 15.1 Å². The molecule has 1 fully saturated rings. The topological polar surface area (TPSA) is 53.7 Å². The molecule has 0 spiro atoms. The summed E-state index contributed by atoms with van der Waals surface area (Å²) in [4.78, 5) is 16.7. The number of amides is 1. The van der Waals surface area contributed by atoms with Gasteiger partial charge in [0.25, 0.3) is 0 Å². The van der Waals surface area contributed by atoms with Crippen molar-refractivity contribution in [2.24, 2.45) is 0 Å². The van der Waals surface area contributed by atoms with Crippen LogP contribution in [0.25, 0.3) is 5.65 Å². The number of pyridine rings is 1. The van der Waals surface area contributed by atoms with E-state index in [1.807, 2.05) is 35.7 Å². The Bertz CT molecular complexity index is 1030. The summed E-state index contributed by atoms with van der Waals surface area (Å²) in [5.41, 5.74) is 1.20. The predicted octanol–water partition coefficient (Wildman–Crippen LogP) is 3.75. The Kier molecular flexibility index (Phi) is 6.01. The Morgan fingerprint density at radius 1 is 1.23 bits per heavy atom. The second-order valence-electron chi connectivity index (χ2n) is 7.87. The van der Waals surface area contributed by atoms with Crippen LogP contribution in [0.3, 0.4) is 0 Å². The molecule has 3 heterocycles. The van der Waals surface area contributed by atoms with E-state index in [-0.39, 0.29) is 18.5 Å². The normalized spacial score (nSPS) is 16.7. The minimum Gasteiger partial charge on any atom is -0.340 e. The molecule has 1 aliphatic heterocycles. The summed E-state index contributed by atoms with van der Waals surface area (Å²) < 4.78 is 16.1. The molecule has 4 rings (SSSR count).